The van der Waals surface area contributed by atoms with Gasteiger partial charge in [0.15, 0.2) is 0 Å². The summed E-state index contributed by atoms with van der Waals surface area (Å²) in [5.74, 6) is 0. The first-order valence-corrected chi connectivity index (χ1v) is 10.7. The van der Waals surface area contributed by atoms with Crippen molar-refractivity contribution in [2.24, 2.45) is 5.41 Å². The molecule has 0 fully saturated rings. The van der Waals surface area contributed by atoms with Crippen molar-refractivity contribution in [2.75, 3.05) is 0 Å². The molecule has 4 aromatic rings. The van der Waals surface area contributed by atoms with Gasteiger partial charge in [-0.05, 0) is 91.4 Å². The largest absolute Gasteiger partial charge is 0.0620 e. The molecule has 0 heterocycles. The van der Waals surface area contributed by atoms with Crippen LogP contribution in [-0.4, -0.2) is 0 Å². The lowest BCUT2D eigenvalue weighted by Crippen LogP contribution is -2.39. The molecule has 1 atom stereocenters. The molecule has 0 aliphatic heterocycles. The van der Waals surface area contributed by atoms with Crippen LogP contribution in [0.1, 0.15) is 22.3 Å². The Balaban J connectivity index is 1.63. The van der Waals surface area contributed by atoms with Crippen LogP contribution in [0.25, 0.3) is 40.6 Å². The molecule has 0 bridgehead atoms. The molecule has 140 valence electrons. The molecule has 30 heavy (non-hydrogen) atoms. The lowest BCUT2D eigenvalue weighted by molar-refractivity contribution is 0.653. The third-order valence-electron chi connectivity index (χ3n) is 7.05. The van der Waals surface area contributed by atoms with E-state index >= 15 is 0 Å². The predicted molar refractivity (Wildman–Crippen MR) is 127 cm³/mol. The van der Waals surface area contributed by atoms with Gasteiger partial charge in [0.25, 0.3) is 0 Å². The van der Waals surface area contributed by atoms with Crippen molar-refractivity contribution in [1.29, 1.82) is 0 Å². The molecule has 1 unspecified atom stereocenters. The first-order valence-electron chi connectivity index (χ1n) is 10.7. The molecule has 4 aromatic carbocycles. The molecule has 3 aliphatic rings. The Morgan fingerprint density at radius 1 is 0.600 bits per heavy atom. The summed E-state index contributed by atoms with van der Waals surface area (Å²) in [5, 5.41) is 5.27. The minimum atomic E-state index is -0.0990. The van der Waals surface area contributed by atoms with E-state index in [-0.39, 0.29) is 5.41 Å². The second-order valence-electron chi connectivity index (χ2n) is 8.71. The van der Waals surface area contributed by atoms with Gasteiger partial charge < -0.3 is 0 Å². The van der Waals surface area contributed by atoms with E-state index in [2.05, 4.69) is 109 Å². The molecule has 0 heteroatoms. The normalized spacial score (nSPS) is 20.3. The van der Waals surface area contributed by atoms with E-state index in [4.69, 9.17) is 0 Å². The number of hydrogen-bond donors (Lipinski definition) is 0. The van der Waals surface area contributed by atoms with Crippen molar-refractivity contribution in [3.8, 4) is 0 Å². The van der Waals surface area contributed by atoms with Crippen molar-refractivity contribution < 1.29 is 0 Å². The minimum Gasteiger partial charge on any atom is -0.0620 e. The second-order valence-corrected chi connectivity index (χ2v) is 8.71. The average Bonchev–Trinajstić information content (AvgIpc) is 2.78. The maximum absolute atomic E-state index is 2.52. The zero-order valence-corrected chi connectivity index (χ0v) is 16.6. The number of fused-ring (bicyclic) bond motifs is 5. The van der Waals surface area contributed by atoms with Crippen LogP contribution in [0.3, 0.4) is 0 Å². The van der Waals surface area contributed by atoms with Crippen LogP contribution in [-0.2, 0) is 6.42 Å². The first kappa shape index (κ1) is 16.2. The van der Waals surface area contributed by atoms with Crippen LogP contribution in [0.15, 0.2) is 90.5 Å². The number of allylic oxidation sites excluding steroid dienone is 2. The van der Waals surface area contributed by atoms with Gasteiger partial charge in [-0.2, -0.15) is 0 Å². The van der Waals surface area contributed by atoms with Crippen LogP contribution in [0, 0.1) is 5.41 Å². The fraction of sp³-hybridized carbons (Fsp3) is 0.0667. The van der Waals surface area contributed by atoms with Crippen LogP contribution < -0.4 is 10.4 Å². The highest BCUT2D eigenvalue weighted by atomic mass is 14.4. The first-order chi connectivity index (χ1) is 14.8. The van der Waals surface area contributed by atoms with E-state index in [1.807, 2.05) is 0 Å². The Labute approximate surface area is 175 Å². The van der Waals surface area contributed by atoms with Crippen molar-refractivity contribution in [2.45, 2.75) is 6.42 Å². The van der Waals surface area contributed by atoms with Gasteiger partial charge in [-0.3, -0.25) is 0 Å². The van der Waals surface area contributed by atoms with Gasteiger partial charge in [0, 0.05) is 5.41 Å². The minimum absolute atomic E-state index is 0.0990. The van der Waals surface area contributed by atoms with Crippen molar-refractivity contribution in [3.05, 3.63) is 123 Å². The smallest absolute Gasteiger partial charge is 0.0438 e. The van der Waals surface area contributed by atoms with Crippen LogP contribution in [0.5, 0.6) is 0 Å². The van der Waals surface area contributed by atoms with E-state index < -0.39 is 0 Å². The lowest BCUT2D eigenvalue weighted by atomic mass is 9.59. The summed E-state index contributed by atoms with van der Waals surface area (Å²) in [6, 6.07) is 31.1. The summed E-state index contributed by atoms with van der Waals surface area (Å²) in [4.78, 5) is 0. The molecular formula is C30H20. The van der Waals surface area contributed by atoms with Gasteiger partial charge >= 0.3 is 0 Å². The van der Waals surface area contributed by atoms with E-state index in [0.717, 1.165) is 6.42 Å². The number of hydrogen-bond acceptors (Lipinski definition) is 0. The molecule has 0 saturated carbocycles. The van der Waals surface area contributed by atoms with Crippen LogP contribution in [0.4, 0.5) is 0 Å². The Morgan fingerprint density at radius 2 is 1.33 bits per heavy atom. The summed E-state index contributed by atoms with van der Waals surface area (Å²) in [5.41, 5.74) is 8.23. The maximum Gasteiger partial charge on any atom is 0.0438 e. The Kier molecular flexibility index (Phi) is 3.08. The van der Waals surface area contributed by atoms with Gasteiger partial charge in [-0.15, -0.1) is 0 Å². The predicted octanol–water partition coefficient (Wildman–Crippen LogP) is 5.59. The maximum atomic E-state index is 2.52. The number of rotatable bonds is 0. The zero-order chi connectivity index (χ0) is 19.7. The van der Waals surface area contributed by atoms with Crippen molar-refractivity contribution in [1.82, 2.24) is 0 Å². The third-order valence-corrected chi connectivity index (χ3v) is 7.05. The average molecular weight is 380 g/mol. The summed E-state index contributed by atoms with van der Waals surface area (Å²) >= 11 is 0. The quantitative estimate of drug-likeness (QED) is 0.373. The standard InChI is InChI=1S/C30H20/c1-2-9-22-16-28-26(13-20(22)7-1)15-27-14-21-8-3-5-11-24(21)18-30(27)19-25-12-6-4-10-23(25)17-29(28)30/h1-18H,19H2. The Morgan fingerprint density at radius 3 is 2.23 bits per heavy atom. The van der Waals surface area contributed by atoms with Crippen molar-refractivity contribution in [3.63, 3.8) is 0 Å². The van der Waals surface area contributed by atoms with E-state index in [0.29, 0.717) is 0 Å². The molecule has 7 rings (SSSR count). The molecule has 3 aliphatic carbocycles. The molecule has 0 radical (unpaired) electrons. The fourth-order valence-corrected chi connectivity index (χ4v) is 5.59. The van der Waals surface area contributed by atoms with Gasteiger partial charge in [0.1, 0.15) is 0 Å². The van der Waals surface area contributed by atoms with Crippen LogP contribution >= 0.6 is 0 Å². The highest BCUT2D eigenvalue weighted by Gasteiger charge is 2.42. The van der Waals surface area contributed by atoms with Gasteiger partial charge in [-0.25, -0.2) is 0 Å². The lowest BCUT2D eigenvalue weighted by Gasteiger charge is -2.43. The number of benzene rings is 4. The molecule has 0 nitrogen and oxygen atoms in total. The Bertz CT molecular complexity index is 1560. The molecule has 0 amide bonds. The van der Waals surface area contributed by atoms with Gasteiger partial charge in [-0.1, -0.05) is 78.9 Å². The van der Waals surface area contributed by atoms with E-state index in [9.17, 15) is 0 Å². The summed E-state index contributed by atoms with van der Waals surface area (Å²) in [6.45, 7) is 0. The summed E-state index contributed by atoms with van der Waals surface area (Å²) in [6.07, 6.45) is 10.8. The van der Waals surface area contributed by atoms with Gasteiger partial charge in [0.2, 0.25) is 0 Å². The molecular weight excluding hydrogens is 360 g/mol. The highest BCUT2D eigenvalue weighted by molar-refractivity contribution is 6.05. The highest BCUT2D eigenvalue weighted by Crippen LogP contribution is 2.55. The molecule has 1 spiro atoms. The van der Waals surface area contributed by atoms with Crippen molar-refractivity contribution >= 4 is 40.6 Å². The monoisotopic (exact) mass is 380 g/mol. The Hall–Kier alpha value is -3.64. The van der Waals surface area contributed by atoms with E-state index in [1.54, 1.807) is 0 Å². The summed E-state index contributed by atoms with van der Waals surface area (Å²) in [7, 11) is 0. The van der Waals surface area contributed by atoms with E-state index in [1.165, 1.54) is 54.6 Å². The third kappa shape index (κ3) is 2.11. The molecule has 0 aromatic heterocycles. The fourth-order valence-electron chi connectivity index (χ4n) is 5.59. The second kappa shape index (κ2) is 5.70. The van der Waals surface area contributed by atoms with Crippen LogP contribution in [0.2, 0.25) is 0 Å². The van der Waals surface area contributed by atoms with Gasteiger partial charge in [0.05, 0.1) is 0 Å². The SMILES string of the molecule is C1=C2C=c3ccccc3=CC23Cc2ccccc2C=C3c2cc3ccccc3cc21. The summed E-state index contributed by atoms with van der Waals surface area (Å²) < 4.78 is 0. The zero-order valence-electron chi connectivity index (χ0n) is 16.6. The molecule has 0 N–H and O–H groups in total. The topological polar surface area (TPSA) is 0 Å². The molecule has 0 saturated heterocycles.